The topological polar surface area (TPSA) is 69.6 Å². The molecule has 0 radical (unpaired) electrons. The molecule has 1 saturated carbocycles. The Hall–Kier alpha value is -1.75. The summed E-state index contributed by atoms with van der Waals surface area (Å²) in [6.45, 7) is 0.621. The van der Waals surface area contributed by atoms with Gasteiger partial charge in [0.2, 0.25) is 5.95 Å². The highest BCUT2D eigenvalue weighted by atomic mass is 15.3. The summed E-state index contributed by atoms with van der Waals surface area (Å²) in [5.74, 6) is 1.28. The first-order valence-corrected chi connectivity index (χ1v) is 5.94. The van der Waals surface area contributed by atoms with Gasteiger partial charge in [0.25, 0.3) is 0 Å². The van der Waals surface area contributed by atoms with E-state index in [-0.39, 0.29) is 0 Å². The lowest BCUT2D eigenvalue weighted by Gasteiger charge is -2.01. The van der Waals surface area contributed by atoms with E-state index in [1.54, 1.807) is 4.68 Å². The number of hydrogen-bond donors (Lipinski definition) is 1. The van der Waals surface area contributed by atoms with Crippen molar-refractivity contribution in [2.45, 2.75) is 25.2 Å². The van der Waals surface area contributed by atoms with Crippen LogP contribution in [0.5, 0.6) is 0 Å². The molecule has 2 heterocycles. The molecule has 3 rings (SSSR count). The minimum atomic E-state index is 0.621. The van der Waals surface area contributed by atoms with Crippen molar-refractivity contribution < 1.29 is 0 Å². The molecule has 5 heteroatoms. The van der Waals surface area contributed by atoms with E-state index in [9.17, 15) is 0 Å². The Labute approximate surface area is 99.7 Å². The lowest BCUT2D eigenvalue weighted by atomic mass is 10.2. The van der Waals surface area contributed by atoms with Gasteiger partial charge in [-0.25, -0.2) is 14.6 Å². The molecule has 0 atom stereocenters. The van der Waals surface area contributed by atoms with Crippen LogP contribution in [0.25, 0.3) is 5.95 Å². The van der Waals surface area contributed by atoms with Gasteiger partial charge in [-0.2, -0.15) is 5.10 Å². The number of nitrogens with two attached hydrogens (primary N) is 1. The zero-order chi connectivity index (χ0) is 11.7. The maximum atomic E-state index is 5.48. The standard InChI is InChI=1S/C12H15N5/c13-5-3-9-7-14-12(15-8-9)17-6-4-11(16-17)10-1-2-10/h4,6-8,10H,1-3,5,13H2. The van der Waals surface area contributed by atoms with Gasteiger partial charge in [0.05, 0.1) is 5.69 Å². The van der Waals surface area contributed by atoms with Crippen LogP contribution in [0.4, 0.5) is 0 Å². The molecule has 2 N–H and O–H groups in total. The Morgan fingerprint density at radius 3 is 2.71 bits per heavy atom. The molecule has 0 amide bonds. The van der Waals surface area contributed by atoms with Gasteiger partial charge in [0.1, 0.15) is 0 Å². The molecule has 1 aliphatic rings. The minimum Gasteiger partial charge on any atom is -0.330 e. The van der Waals surface area contributed by atoms with Crippen molar-refractivity contribution in [1.82, 2.24) is 19.7 Å². The first-order valence-electron chi connectivity index (χ1n) is 5.94. The van der Waals surface area contributed by atoms with Crippen LogP contribution in [0, 0.1) is 0 Å². The van der Waals surface area contributed by atoms with Crippen LogP contribution in [0.3, 0.4) is 0 Å². The fraction of sp³-hybridized carbons (Fsp3) is 0.417. The molecule has 0 bridgehead atoms. The molecular weight excluding hydrogens is 214 g/mol. The molecule has 88 valence electrons. The second-order valence-corrected chi connectivity index (χ2v) is 4.39. The van der Waals surface area contributed by atoms with Gasteiger partial charge < -0.3 is 5.73 Å². The van der Waals surface area contributed by atoms with Crippen molar-refractivity contribution in [2.24, 2.45) is 5.73 Å². The third-order valence-electron chi connectivity index (χ3n) is 2.93. The van der Waals surface area contributed by atoms with E-state index in [0.29, 0.717) is 18.4 Å². The SMILES string of the molecule is NCCc1cnc(-n2ccc(C3CC3)n2)nc1. The van der Waals surface area contributed by atoms with E-state index < -0.39 is 0 Å². The summed E-state index contributed by atoms with van der Waals surface area (Å²) in [5, 5.41) is 4.49. The number of nitrogens with zero attached hydrogens (tertiary/aromatic N) is 4. The third kappa shape index (κ3) is 2.19. The molecule has 2 aromatic heterocycles. The fourth-order valence-electron chi connectivity index (χ4n) is 1.81. The summed E-state index contributed by atoms with van der Waals surface area (Å²) in [7, 11) is 0. The van der Waals surface area contributed by atoms with E-state index in [1.165, 1.54) is 12.8 Å². The molecule has 2 aromatic rings. The summed E-state index contributed by atoms with van der Waals surface area (Å²) < 4.78 is 1.74. The first kappa shape index (κ1) is 10.4. The highest BCUT2D eigenvalue weighted by molar-refractivity contribution is 5.19. The fourth-order valence-corrected chi connectivity index (χ4v) is 1.81. The molecule has 0 saturated heterocycles. The Bertz CT molecular complexity index is 498. The molecule has 0 unspecified atom stereocenters. The molecule has 0 spiro atoms. The van der Waals surface area contributed by atoms with Crippen LogP contribution in [0.15, 0.2) is 24.7 Å². The average Bonchev–Trinajstić information content (AvgIpc) is 3.09. The van der Waals surface area contributed by atoms with Gasteiger partial charge in [-0.15, -0.1) is 0 Å². The number of aromatic nitrogens is 4. The van der Waals surface area contributed by atoms with Crippen LogP contribution >= 0.6 is 0 Å². The van der Waals surface area contributed by atoms with E-state index in [4.69, 9.17) is 5.73 Å². The van der Waals surface area contributed by atoms with Gasteiger partial charge in [0.15, 0.2) is 0 Å². The van der Waals surface area contributed by atoms with Crippen molar-refractivity contribution >= 4 is 0 Å². The van der Waals surface area contributed by atoms with Crippen LogP contribution in [0.1, 0.15) is 30.0 Å². The van der Waals surface area contributed by atoms with Gasteiger partial charge in [-0.3, -0.25) is 0 Å². The average molecular weight is 229 g/mol. The van der Waals surface area contributed by atoms with E-state index in [0.717, 1.165) is 17.7 Å². The Morgan fingerprint density at radius 2 is 2.06 bits per heavy atom. The Balaban J connectivity index is 1.81. The van der Waals surface area contributed by atoms with Crippen molar-refractivity contribution in [3.63, 3.8) is 0 Å². The van der Waals surface area contributed by atoms with E-state index >= 15 is 0 Å². The molecule has 1 fully saturated rings. The quantitative estimate of drug-likeness (QED) is 0.850. The summed E-state index contributed by atoms with van der Waals surface area (Å²) in [6.07, 6.45) is 8.88. The van der Waals surface area contributed by atoms with Crippen LogP contribution < -0.4 is 5.73 Å². The van der Waals surface area contributed by atoms with Gasteiger partial charge in [-0.05, 0) is 37.4 Å². The van der Waals surface area contributed by atoms with Crippen molar-refractivity contribution in [3.8, 4) is 5.95 Å². The van der Waals surface area contributed by atoms with Crippen LogP contribution in [-0.4, -0.2) is 26.3 Å². The summed E-state index contributed by atoms with van der Waals surface area (Å²) in [5.41, 5.74) is 7.69. The second-order valence-electron chi connectivity index (χ2n) is 4.39. The van der Waals surface area contributed by atoms with Gasteiger partial charge in [-0.1, -0.05) is 0 Å². The Kier molecular flexibility index (Phi) is 2.60. The van der Waals surface area contributed by atoms with Crippen LogP contribution in [-0.2, 0) is 6.42 Å². The second kappa shape index (κ2) is 4.25. The lowest BCUT2D eigenvalue weighted by molar-refractivity contribution is 0.776. The maximum absolute atomic E-state index is 5.48. The monoisotopic (exact) mass is 229 g/mol. The zero-order valence-electron chi connectivity index (χ0n) is 9.58. The molecule has 1 aliphatic carbocycles. The predicted molar refractivity (Wildman–Crippen MR) is 63.9 cm³/mol. The molecule has 0 aromatic carbocycles. The maximum Gasteiger partial charge on any atom is 0.250 e. The molecule has 5 nitrogen and oxygen atoms in total. The highest BCUT2D eigenvalue weighted by Gasteiger charge is 2.26. The number of hydrogen-bond acceptors (Lipinski definition) is 4. The third-order valence-corrected chi connectivity index (χ3v) is 2.93. The first-order chi connectivity index (χ1) is 8.36. The minimum absolute atomic E-state index is 0.621. The Morgan fingerprint density at radius 1 is 1.29 bits per heavy atom. The summed E-state index contributed by atoms with van der Waals surface area (Å²) >= 11 is 0. The van der Waals surface area contributed by atoms with E-state index in [1.807, 2.05) is 18.6 Å². The molecule has 17 heavy (non-hydrogen) atoms. The van der Waals surface area contributed by atoms with Gasteiger partial charge in [0, 0.05) is 24.5 Å². The highest BCUT2D eigenvalue weighted by Crippen LogP contribution is 2.38. The molecule has 0 aliphatic heterocycles. The predicted octanol–water partition coefficient (Wildman–Crippen LogP) is 1.04. The zero-order valence-corrected chi connectivity index (χ0v) is 9.58. The smallest absolute Gasteiger partial charge is 0.250 e. The van der Waals surface area contributed by atoms with Crippen molar-refractivity contribution in [2.75, 3.05) is 6.54 Å². The number of rotatable bonds is 4. The summed E-state index contributed by atoms with van der Waals surface area (Å²) in [4.78, 5) is 8.59. The lowest BCUT2D eigenvalue weighted by Crippen LogP contribution is -2.06. The largest absolute Gasteiger partial charge is 0.330 e. The summed E-state index contributed by atoms with van der Waals surface area (Å²) in [6, 6.07) is 2.05. The van der Waals surface area contributed by atoms with Crippen molar-refractivity contribution in [1.29, 1.82) is 0 Å². The molecular formula is C12H15N5. The van der Waals surface area contributed by atoms with Gasteiger partial charge >= 0.3 is 0 Å². The van der Waals surface area contributed by atoms with Crippen LogP contribution in [0.2, 0.25) is 0 Å². The van der Waals surface area contributed by atoms with Crippen molar-refractivity contribution in [3.05, 3.63) is 35.9 Å². The normalized spacial score (nSPS) is 15.1. The van der Waals surface area contributed by atoms with E-state index in [2.05, 4.69) is 21.1 Å².